The van der Waals surface area contributed by atoms with E-state index in [-0.39, 0.29) is 22.9 Å². The number of rotatable bonds is 4. The number of H-pyrrole nitrogens is 1. The first-order chi connectivity index (χ1) is 13.1. The predicted molar refractivity (Wildman–Crippen MR) is 99.4 cm³/mol. The van der Waals surface area contributed by atoms with E-state index in [4.69, 9.17) is 8.83 Å². The highest BCUT2D eigenvalue weighted by Crippen LogP contribution is 2.24. The van der Waals surface area contributed by atoms with Gasteiger partial charge in [-0.25, -0.2) is 4.39 Å². The van der Waals surface area contributed by atoms with Gasteiger partial charge in [-0.2, -0.15) is 0 Å². The molecule has 0 bridgehead atoms. The average Bonchev–Trinajstić information content (AvgIpc) is 3.38. The number of Topliss-reactive ketones (excluding diaryl/α,β-unsaturated/α-hetero) is 1. The number of carbonyl (C=O) groups excluding carboxylic acids is 1. The van der Waals surface area contributed by atoms with E-state index in [0.29, 0.717) is 26.3 Å². The van der Waals surface area contributed by atoms with Crippen molar-refractivity contribution in [3.8, 4) is 11.3 Å². The summed E-state index contributed by atoms with van der Waals surface area (Å²) in [4.78, 5) is 26.7. The molecule has 0 unspecified atom stereocenters. The van der Waals surface area contributed by atoms with Crippen LogP contribution in [0.4, 0.5) is 4.39 Å². The van der Waals surface area contributed by atoms with Crippen LogP contribution in [0.25, 0.3) is 23.5 Å². The van der Waals surface area contributed by atoms with Crippen LogP contribution in [0.2, 0.25) is 0 Å². The highest BCUT2D eigenvalue weighted by molar-refractivity contribution is 7.07. The van der Waals surface area contributed by atoms with E-state index in [1.165, 1.54) is 18.4 Å². The summed E-state index contributed by atoms with van der Waals surface area (Å²) in [6.07, 6.45) is 4.25. The summed E-state index contributed by atoms with van der Waals surface area (Å²) in [6, 6.07) is 12.7. The SMILES string of the molecule is O=C(/C=c1/[nH]c(=O)/c(=C/c2ccc(-c3ccccc3F)o2)s1)c1ccco1. The van der Waals surface area contributed by atoms with Crippen LogP contribution in [0.3, 0.4) is 0 Å². The van der Waals surface area contributed by atoms with E-state index < -0.39 is 0 Å². The van der Waals surface area contributed by atoms with E-state index in [9.17, 15) is 14.0 Å². The second-order valence-electron chi connectivity index (χ2n) is 5.60. The number of hydrogen-bond acceptors (Lipinski definition) is 5. The first-order valence-corrected chi connectivity index (χ1v) is 8.77. The third-order valence-electron chi connectivity index (χ3n) is 3.75. The van der Waals surface area contributed by atoms with Gasteiger partial charge in [-0.05, 0) is 36.4 Å². The zero-order valence-corrected chi connectivity index (χ0v) is 14.6. The topological polar surface area (TPSA) is 76.2 Å². The number of carbonyl (C=O) groups is 1. The molecule has 27 heavy (non-hydrogen) atoms. The van der Waals surface area contributed by atoms with Crippen LogP contribution in [0.5, 0.6) is 0 Å². The van der Waals surface area contributed by atoms with E-state index in [0.717, 1.165) is 11.3 Å². The normalized spacial score (nSPS) is 12.6. The lowest BCUT2D eigenvalue weighted by Gasteiger charge is -1.97. The van der Waals surface area contributed by atoms with Gasteiger partial charge in [0.25, 0.3) is 5.56 Å². The number of benzene rings is 1. The van der Waals surface area contributed by atoms with Gasteiger partial charge in [-0.1, -0.05) is 12.1 Å². The molecular formula is C20H12FNO4S. The Kier molecular flexibility index (Phi) is 4.43. The standard InChI is InChI=1S/C20H12FNO4S/c21-14-5-2-1-4-13(14)16-8-7-12(26-16)10-18-20(24)22-19(27-18)11-15(23)17-6-3-9-25-17/h1-11H,(H,22,24)/b18-10-,19-11-. The molecule has 4 rings (SSSR count). The van der Waals surface area contributed by atoms with Crippen molar-refractivity contribution in [2.24, 2.45) is 0 Å². The lowest BCUT2D eigenvalue weighted by molar-refractivity contribution is 0.103. The monoisotopic (exact) mass is 381 g/mol. The van der Waals surface area contributed by atoms with E-state index >= 15 is 0 Å². The van der Waals surface area contributed by atoms with Crippen LogP contribution >= 0.6 is 11.3 Å². The van der Waals surface area contributed by atoms with Crippen LogP contribution in [-0.2, 0) is 0 Å². The number of ketones is 1. The maximum absolute atomic E-state index is 13.9. The Morgan fingerprint density at radius 2 is 1.96 bits per heavy atom. The third-order valence-corrected chi connectivity index (χ3v) is 4.71. The largest absolute Gasteiger partial charge is 0.461 e. The van der Waals surface area contributed by atoms with Crippen molar-refractivity contribution in [1.29, 1.82) is 0 Å². The molecule has 0 saturated heterocycles. The Morgan fingerprint density at radius 1 is 1.11 bits per heavy atom. The number of halogens is 1. The first kappa shape index (κ1) is 17.0. The fraction of sp³-hybridized carbons (Fsp3) is 0. The fourth-order valence-electron chi connectivity index (χ4n) is 2.50. The molecular weight excluding hydrogens is 369 g/mol. The zero-order valence-electron chi connectivity index (χ0n) is 13.8. The van der Waals surface area contributed by atoms with Crippen LogP contribution in [0, 0.1) is 5.82 Å². The summed E-state index contributed by atoms with van der Waals surface area (Å²) in [6.45, 7) is 0. The van der Waals surface area contributed by atoms with Crippen LogP contribution in [-0.4, -0.2) is 10.8 Å². The summed E-state index contributed by atoms with van der Waals surface area (Å²) in [5.41, 5.74) is -0.00218. The third kappa shape index (κ3) is 3.58. The second-order valence-corrected chi connectivity index (χ2v) is 6.68. The maximum Gasteiger partial charge on any atom is 0.266 e. The van der Waals surface area contributed by atoms with Gasteiger partial charge in [0.1, 0.15) is 17.3 Å². The Balaban J connectivity index is 1.68. The predicted octanol–water partition coefficient (Wildman–Crippen LogP) is 2.92. The molecule has 1 aromatic carbocycles. The van der Waals surface area contributed by atoms with Gasteiger partial charge < -0.3 is 13.8 Å². The maximum atomic E-state index is 13.9. The molecule has 5 nitrogen and oxygen atoms in total. The molecule has 0 saturated carbocycles. The molecule has 0 fully saturated rings. The summed E-state index contributed by atoms with van der Waals surface area (Å²) in [5, 5.41) is 0. The number of furan rings is 2. The Hall–Kier alpha value is -3.45. The van der Waals surface area contributed by atoms with Crippen molar-refractivity contribution in [1.82, 2.24) is 4.98 Å². The molecule has 0 aliphatic heterocycles. The Bertz CT molecular complexity index is 1280. The number of nitrogens with one attached hydrogen (secondary N) is 1. The van der Waals surface area contributed by atoms with Gasteiger partial charge in [0.15, 0.2) is 5.76 Å². The molecule has 0 amide bonds. The molecule has 0 radical (unpaired) electrons. The van der Waals surface area contributed by atoms with Crippen LogP contribution in [0.1, 0.15) is 16.3 Å². The summed E-state index contributed by atoms with van der Waals surface area (Å²) >= 11 is 1.11. The second kappa shape index (κ2) is 7.05. The van der Waals surface area contributed by atoms with E-state index in [2.05, 4.69) is 4.98 Å². The average molecular weight is 381 g/mol. The lowest BCUT2D eigenvalue weighted by Crippen LogP contribution is -2.19. The van der Waals surface area contributed by atoms with E-state index in [1.54, 1.807) is 48.5 Å². The minimum Gasteiger partial charge on any atom is -0.461 e. The minimum absolute atomic E-state index is 0.190. The minimum atomic E-state index is -0.388. The molecule has 134 valence electrons. The van der Waals surface area contributed by atoms with Crippen molar-refractivity contribution >= 4 is 29.3 Å². The van der Waals surface area contributed by atoms with Gasteiger partial charge in [0.2, 0.25) is 5.78 Å². The lowest BCUT2D eigenvalue weighted by atomic mass is 10.1. The van der Waals surface area contributed by atoms with Crippen molar-refractivity contribution in [2.45, 2.75) is 0 Å². The van der Waals surface area contributed by atoms with Crippen molar-refractivity contribution < 1.29 is 18.0 Å². The summed E-state index contributed by atoms with van der Waals surface area (Å²) in [7, 11) is 0. The molecule has 0 aliphatic carbocycles. The van der Waals surface area contributed by atoms with Gasteiger partial charge in [0, 0.05) is 12.2 Å². The number of aromatic amines is 1. The quantitative estimate of drug-likeness (QED) is 0.552. The fourth-order valence-corrected chi connectivity index (χ4v) is 3.36. The summed E-state index contributed by atoms with van der Waals surface area (Å²) < 4.78 is 25.3. The Labute approximate surface area is 155 Å². The van der Waals surface area contributed by atoms with Gasteiger partial charge in [0.05, 0.1) is 21.0 Å². The summed E-state index contributed by atoms with van der Waals surface area (Å²) in [5.74, 6) is 0.233. The molecule has 7 heteroatoms. The molecule has 0 aliphatic rings. The molecule has 1 N–H and O–H groups in total. The zero-order chi connectivity index (χ0) is 18.8. The number of hydrogen-bond donors (Lipinski definition) is 1. The highest BCUT2D eigenvalue weighted by atomic mass is 32.1. The van der Waals surface area contributed by atoms with Crippen LogP contribution in [0.15, 0.2) is 68.4 Å². The van der Waals surface area contributed by atoms with Crippen molar-refractivity contribution in [2.75, 3.05) is 0 Å². The number of thiazole rings is 1. The smallest absolute Gasteiger partial charge is 0.266 e. The van der Waals surface area contributed by atoms with Crippen LogP contribution < -0.4 is 14.8 Å². The Morgan fingerprint density at radius 3 is 2.74 bits per heavy atom. The van der Waals surface area contributed by atoms with Crippen molar-refractivity contribution in [3.63, 3.8) is 0 Å². The van der Waals surface area contributed by atoms with Gasteiger partial charge >= 0.3 is 0 Å². The molecule has 3 heterocycles. The van der Waals surface area contributed by atoms with Gasteiger partial charge in [-0.15, -0.1) is 11.3 Å². The molecule has 0 atom stereocenters. The highest BCUT2D eigenvalue weighted by Gasteiger charge is 2.09. The van der Waals surface area contributed by atoms with Gasteiger partial charge in [-0.3, -0.25) is 9.59 Å². The molecule has 3 aromatic heterocycles. The first-order valence-electron chi connectivity index (χ1n) is 7.95. The van der Waals surface area contributed by atoms with E-state index in [1.807, 2.05) is 0 Å². The van der Waals surface area contributed by atoms with Crippen molar-refractivity contribution in [3.05, 3.63) is 91.7 Å². The molecule has 0 spiro atoms. The number of aromatic nitrogens is 1. The molecule has 4 aromatic rings.